The summed E-state index contributed by atoms with van der Waals surface area (Å²) in [7, 11) is 0. The molecule has 0 saturated carbocycles. The molecule has 20 heavy (non-hydrogen) atoms. The van der Waals surface area contributed by atoms with Crippen molar-refractivity contribution in [2.24, 2.45) is 5.73 Å². The lowest BCUT2D eigenvalue weighted by Crippen LogP contribution is -2.01. The first-order valence-corrected chi connectivity index (χ1v) is 7.36. The molecule has 0 bridgehead atoms. The van der Waals surface area contributed by atoms with Crippen LogP contribution in [-0.4, -0.2) is 24.2 Å². The van der Waals surface area contributed by atoms with Gasteiger partial charge < -0.3 is 15.6 Å². The average molecular weight is 279 g/mol. The monoisotopic (exact) mass is 279 g/mol. The number of nitrogens with two attached hydrogens (primary N) is 1. The molecule has 3 N–H and O–H groups in total. The average Bonchev–Trinajstić information content (AvgIpc) is 2.41. The third-order valence-electron chi connectivity index (χ3n) is 3.12. The van der Waals surface area contributed by atoms with Crippen LogP contribution in [0, 0.1) is 0 Å². The Kier molecular flexibility index (Phi) is 8.47. The summed E-state index contributed by atoms with van der Waals surface area (Å²) >= 11 is 0. The SMILES string of the molecule is NCCCCCCCCOc1cccc(CC(=O)O)c1. The van der Waals surface area contributed by atoms with Crippen molar-refractivity contribution in [3.8, 4) is 5.75 Å². The number of ether oxygens (including phenoxy) is 1. The van der Waals surface area contributed by atoms with Gasteiger partial charge in [-0.25, -0.2) is 0 Å². The second kappa shape index (κ2) is 10.3. The Bertz CT molecular complexity index is 393. The molecule has 0 radical (unpaired) electrons. The fourth-order valence-electron chi connectivity index (χ4n) is 2.06. The number of carboxylic acids is 1. The predicted molar refractivity (Wildman–Crippen MR) is 80.0 cm³/mol. The number of hydrogen-bond acceptors (Lipinski definition) is 3. The van der Waals surface area contributed by atoms with Crippen LogP contribution in [-0.2, 0) is 11.2 Å². The van der Waals surface area contributed by atoms with Gasteiger partial charge >= 0.3 is 5.97 Å². The van der Waals surface area contributed by atoms with Gasteiger partial charge in [0.05, 0.1) is 13.0 Å². The van der Waals surface area contributed by atoms with Crippen molar-refractivity contribution >= 4 is 5.97 Å². The smallest absolute Gasteiger partial charge is 0.307 e. The van der Waals surface area contributed by atoms with E-state index in [9.17, 15) is 4.79 Å². The van der Waals surface area contributed by atoms with Crippen LogP contribution in [0.1, 0.15) is 44.1 Å². The highest BCUT2D eigenvalue weighted by Crippen LogP contribution is 2.14. The Morgan fingerprint density at radius 1 is 1.10 bits per heavy atom. The summed E-state index contributed by atoms with van der Waals surface area (Å²) in [4.78, 5) is 10.6. The highest BCUT2D eigenvalue weighted by molar-refractivity contribution is 5.70. The standard InChI is InChI=1S/C16H25NO3/c17-10-5-3-1-2-4-6-11-20-15-9-7-8-14(12-15)13-16(18)19/h7-9,12H,1-6,10-11,13,17H2,(H,18,19). The lowest BCUT2D eigenvalue weighted by molar-refractivity contribution is -0.136. The van der Waals surface area contributed by atoms with Crippen molar-refractivity contribution in [3.63, 3.8) is 0 Å². The number of rotatable bonds is 11. The van der Waals surface area contributed by atoms with E-state index in [1.165, 1.54) is 25.7 Å². The van der Waals surface area contributed by atoms with Crippen LogP contribution in [0.15, 0.2) is 24.3 Å². The summed E-state index contributed by atoms with van der Waals surface area (Å²) in [6.07, 6.45) is 7.04. The highest BCUT2D eigenvalue weighted by Gasteiger charge is 2.02. The van der Waals surface area contributed by atoms with E-state index in [4.69, 9.17) is 15.6 Å². The largest absolute Gasteiger partial charge is 0.494 e. The number of unbranched alkanes of at least 4 members (excludes halogenated alkanes) is 5. The van der Waals surface area contributed by atoms with E-state index in [1.807, 2.05) is 12.1 Å². The molecule has 0 aliphatic heterocycles. The third kappa shape index (κ3) is 7.79. The van der Waals surface area contributed by atoms with E-state index >= 15 is 0 Å². The summed E-state index contributed by atoms with van der Waals surface area (Å²) < 4.78 is 5.64. The minimum absolute atomic E-state index is 0.0400. The number of aliphatic carboxylic acids is 1. The lowest BCUT2D eigenvalue weighted by atomic mass is 10.1. The zero-order valence-electron chi connectivity index (χ0n) is 12.0. The molecule has 0 aromatic heterocycles. The van der Waals surface area contributed by atoms with Gasteiger partial charge in [-0.15, -0.1) is 0 Å². The van der Waals surface area contributed by atoms with Gasteiger partial charge in [-0.05, 0) is 37.1 Å². The van der Waals surface area contributed by atoms with Crippen LogP contribution >= 0.6 is 0 Å². The number of carboxylic acid groups (broad SMARTS) is 1. The van der Waals surface area contributed by atoms with Gasteiger partial charge in [0.25, 0.3) is 0 Å². The molecule has 0 atom stereocenters. The number of carbonyl (C=O) groups is 1. The highest BCUT2D eigenvalue weighted by atomic mass is 16.5. The normalized spacial score (nSPS) is 10.4. The molecule has 0 aliphatic rings. The molecule has 0 unspecified atom stereocenters. The van der Waals surface area contributed by atoms with Crippen LogP contribution in [0.25, 0.3) is 0 Å². The maximum absolute atomic E-state index is 10.6. The van der Waals surface area contributed by atoms with Gasteiger partial charge in [-0.1, -0.05) is 37.8 Å². The van der Waals surface area contributed by atoms with E-state index in [0.717, 1.165) is 30.7 Å². The van der Waals surface area contributed by atoms with Crippen LogP contribution < -0.4 is 10.5 Å². The quantitative estimate of drug-likeness (QED) is 0.611. The molecule has 0 heterocycles. The molecular formula is C16H25NO3. The van der Waals surface area contributed by atoms with Gasteiger partial charge in [0.2, 0.25) is 0 Å². The van der Waals surface area contributed by atoms with Crippen molar-refractivity contribution < 1.29 is 14.6 Å². The third-order valence-corrected chi connectivity index (χ3v) is 3.12. The fourth-order valence-corrected chi connectivity index (χ4v) is 2.06. The molecule has 0 fully saturated rings. The molecule has 0 amide bonds. The first-order chi connectivity index (χ1) is 9.72. The maximum atomic E-state index is 10.6. The Balaban J connectivity index is 2.14. The van der Waals surface area contributed by atoms with Crippen LogP contribution in [0.2, 0.25) is 0 Å². The van der Waals surface area contributed by atoms with E-state index in [2.05, 4.69) is 0 Å². The van der Waals surface area contributed by atoms with Crippen molar-refractivity contribution in [2.75, 3.05) is 13.2 Å². The van der Waals surface area contributed by atoms with Crippen LogP contribution in [0.4, 0.5) is 0 Å². The topological polar surface area (TPSA) is 72.5 Å². The van der Waals surface area contributed by atoms with E-state index in [-0.39, 0.29) is 6.42 Å². The van der Waals surface area contributed by atoms with Crippen molar-refractivity contribution in [3.05, 3.63) is 29.8 Å². The molecule has 4 heteroatoms. The second-order valence-corrected chi connectivity index (χ2v) is 4.98. The molecule has 1 rings (SSSR count). The predicted octanol–water partition coefficient (Wildman–Crippen LogP) is 2.99. The minimum Gasteiger partial charge on any atom is -0.494 e. The summed E-state index contributed by atoms with van der Waals surface area (Å²) in [6.45, 7) is 1.48. The first-order valence-electron chi connectivity index (χ1n) is 7.36. The Labute approximate surface area is 120 Å². The van der Waals surface area contributed by atoms with E-state index in [0.29, 0.717) is 6.61 Å². The van der Waals surface area contributed by atoms with Crippen molar-refractivity contribution in [1.29, 1.82) is 0 Å². The molecule has 4 nitrogen and oxygen atoms in total. The molecular weight excluding hydrogens is 254 g/mol. The fraction of sp³-hybridized carbons (Fsp3) is 0.562. The molecule has 0 spiro atoms. The maximum Gasteiger partial charge on any atom is 0.307 e. The molecule has 0 aliphatic carbocycles. The Hall–Kier alpha value is -1.55. The second-order valence-electron chi connectivity index (χ2n) is 4.98. The molecule has 1 aromatic carbocycles. The number of benzene rings is 1. The van der Waals surface area contributed by atoms with Crippen LogP contribution in [0.3, 0.4) is 0 Å². The van der Waals surface area contributed by atoms with Crippen molar-refractivity contribution in [2.45, 2.75) is 44.9 Å². The molecule has 1 aromatic rings. The lowest BCUT2D eigenvalue weighted by Gasteiger charge is -2.07. The van der Waals surface area contributed by atoms with Gasteiger partial charge in [0.1, 0.15) is 5.75 Å². The summed E-state index contributed by atoms with van der Waals surface area (Å²) in [6, 6.07) is 7.31. The Morgan fingerprint density at radius 2 is 1.80 bits per heavy atom. The first kappa shape index (κ1) is 16.5. The van der Waals surface area contributed by atoms with E-state index in [1.54, 1.807) is 12.1 Å². The van der Waals surface area contributed by atoms with Gasteiger partial charge in [0.15, 0.2) is 0 Å². The van der Waals surface area contributed by atoms with Gasteiger partial charge in [-0.2, -0.15) is 0 Å². The van der Waals surface area contributed by atoms with Gasteiger partial charge in [-0.3, -0.25) is 4.79 Å². The van der Waals surface area contributed by atoms with E-state index < -0.39 is 5.97 Å². The van der Waals surface area contributed by atoms with Crippen molar-refractivity contribution in [1.82, 2.24) is 0 Å². The molecule has 0 saturated heterocycles. The molecule has 112 valence electrons. The zero-order valence-corrected chi connectivity index (χ0v) is 12.0. The zero-order chi connectivity index (χ0) is 14.6. The summed E-state index contributed by atoms with van der Waals surface area (Å²) in [5.74, 6) is -0.0634. The minimum atomic E-state index is -0.820. The summed E-state index contributed by atoms with van der Waals surface area (Å²) in [5.41, 5.74) is 6.22. The Morgan fingerprint density at radius 3 is 2.50 bits per heavy atom. The number of hydrogen-bond donors (Lipinski definition) is 2. The summed E-state index contributed by atoms with van der Waals surface area (Å²) in [5, 5.41) is 8.74. The van der Waals surface area contributed by atoms with Gasteiger partial charge in [0, 0.05) is 0 Å². The van der Waals surface area contributed by atoms with Crippen LogP contribution in [0.5, 0.6) is 5.75 Å².